The Labute approximate surface area is 240 Å². The quantitative estimate of drug-likeness (QED) is 0.140. The molecular weight excluding hydrogens is 540 g/mol. The van der Waals surface area contributed by atoms with E-state index >= 15 is 0 Å². The molecule has 0 aliphatic rings. The predicted molar refractivity (Wildman–Crippen MR) is 160 cm³/mol. The Kier molecular flexibility index (Phi) is 9.76. The molecule has 0 spiro atoms. The van der Waals surface area contributed by atoms with Gasteiger partial charge in [0.05, 0.1) is 34.4 Å². The van der Waals surface area contributed by atoms with Gasteiger partial charge in [0.25, 0.3) is 0 Å². The fraction of sp³-hybridized carbons (Fsp3) is 0.188. The number of hydrogen-bond acceptors (Lipinski definition) is 8. The second kappa shape index (κ2) is 13.6. The number of aliphatic imine (C=N–C) groups is 2. The zero-order chi connectivity index (χ0) is 29.2. The number of nitrogens with zero attached hydrogens (tertiary/aromatic N) is 2. The molecule has 4 aromatic carbocycles. The van der Waals surface area contributed by atoms with Crippen LogP contribution in [0.4, 0.5) is 11.4 Å². The molecule has 0 aromatic heterocycles. The summed E-state index contributed by atoms with van der Waals surface area (Å²) in [6.45, 7) is 8.46. The summed E-state index contributed by atoms with van der Waals surface area (Å²) in [6, 6.07) is 27.1. The van der Waals surface area contributed by atoms with E-state index in [1.54, 1.807) is 62.4 Å². The van der Waals surface area contributed by atoms with Crippen LogP contribution in [0.15, 0.2) is 117 Å². The average molecular weight is 573 g/mol. The van der Waals surface area contributed by atoms with Crippen LogP contribution in [0.3, 0.4) is 0 Å². The smallest absolute Gasteiger partial charge is 0.206 e. The van der Waals surface area contributed by atoms with Crippen molar-refractivity contribution in [2.24, 2.45) is 9.98 Å². The van der Waals surface area contributed by atoms with Crippen LogP contribution in [-0.2, 0) is 19.3 Å². The van der Waals surface area contributed by atoms with Crippen molar-refractivity contribution in [3.05, 3.63) is 97.1 Å². The van der Waals surface area contributed by atoms with Gasteiger partial charge in [-0.2, -0.15) is 0 Å². The maximum atomic E-state index is 13.2. The Balaban J connectivity index is 1.43. The van der Waals surface area contributed by atoms with Crippen molar-refractivity contribution in [3.63, 3.8) is 0 Å². The van der Waals surface area contributed by atoms with Crippen LogP contribution in [-0.4, -0.2) is 33.4 Å². The highest BCUT2D eigenvalue weighted by Gasteiger charge is 2.18. The molecule has 4 aromatic rings. The average Bonchev–Trinajstić information content (AvgIpc) is 2.94. The lowest BCUT2D eigenvalue weighted by atomic mass is 10.3. The third-order valence-electron chi connectivity index (χ3n) is 5.65. The van der Waals surface area contributed by atoms with Crippen molar-refractivity contribution in [1.82, 2.24) is 0 Å². The summed E-state index contributed by atoms with van der Waals surface area (Å²) < 4.78 is 49.1. The molecule has 0 saturated heterocycles. The molecule has 9 heteroatoms. The summed E-state index contributed by atoms with van der Waals surface area (Å²) in [4.78, 5) is 9.10. The molecule has 41 heavy (non-hydrogen) atoms. The normalized spacial score (nSPS) is 12.1. The number of hydrogen-bond donors (Lipinski definition) is 0. The van der Waals surface area contributed by atoms with Crippen LogP contribution in [0, 0.1) is 0 Å². The van der Waals surface area contributed by atoms with Crippen molar-refractivity contribution in [3.8, 4) is 23.0 Å². The van der Waals surface area contributed by atoms with Gasteiger partial charge in [-0.1, -0.05) is 12.1 Å². The van der Waals surface area contributed by atoms with E-state index in [2.05, 4.69) is 9.98 Å². The summed E-state index contributed by atoms with van der Waals surface area (Å²) in [7, 11) is -3.74. The van der Waals surface area contributed by atoms with Crippen LogP contribution >= 0.6 is 0 Å². The molecule has 0 radical (unpaired) electrons. The van der Waals surface area contributed by atoms with E-state index in [0.29, 0.717) is 59.4 Å². The van der Waals surface area contributed by atoms with Crippen molar-refractivity contribution >= 4 is 33.0 Å². The van der Waals surface area contributed by atoms with Gasteiger partial charge in [0.1, 0.15) is 23.0 Å². The van der Waals surface area contributed by atoms with E-state index in [0.717, 1.165) is 0 Å². The number of sulfone groups is 1. The Morgan fingerprint density at radius 1 is 0.585 bits per heavy atom. The molecular formula is C32H32N2O6S. The van der Waals surface area contributed by atoms with Crippen LogP contribution in [0.25, 0.3) is 0 Å². The number of rotatable bonds is 10. The van der Waals surface area contributed by atoms with Crippen molar-refractivity contribution in [2.75, 3.05) is 13.2 Å². The summed E-state index contributed by atoms with van der Waals surface area (Å²) in [5.41, 5.74) is 1.39. The van der Waals surface area contributed by atoms with Gasteiger partial charge in [0.15, 0.2) is 11.8 Å². The molecule has 0 heterocycles. The second-order valence-corrected chi connectivity index (χ2v) is 10.7. The summed E-state index contributed by atoms with van der Waals surface area (Å²) >= 11 is 0. The fourth-order valence-corrected chi connectivity index (χ4v) is 5.12. The lowest BCUT2D eigenvalue weighted by Gasteiger charge is -2.10. The first-order chi connectivity index (χ1) is 19.8. The number of benzene rings is 4. The minimum atomic E-state index is -3.74. The van der Waals surface area contributed by atoms with E-state index in [1.165, 1.54) is 24.3 Å². The zero-order valence-corrected chi connectivity index (χ0v) is 24.2. The van der Waals surface area contributed by atoms with E-state index in [4.69, 9.17) is 18.9 Å². The topological polar surface area (TPSA) is 95.8 Å². The first-order valence-electron chi connectivity index (χ1n) is 13.1. The van der Waals surface area contributed by atoms with Gasteiger partial charge >= 0.3 is 0 Å². The lowest BCUT2D eigenvalue weighted by Crippen LogP contribution is -2.01. The Morgan fingerprint density at radius 2 is 0.976 bits per heavy atom. The zero-order valence-electron chi connectivity index (χ0n) is 23.4. The highest BCUT2D eigenvalue weighted by Crippen LogP contribution is 2.30. The van der Waals surface area contributed by atoms with Gasteiger partial charge in [-0.15, -0.1) is 0 Å². The Bertz CT molecular complexity index is 1510. The van der Waals surface area contributed by atoms with Crippen LogP contribution in [0.1, 0.15) is 27.7 Å². The molecule has 0 bridgehead atoms. The SMILES string of the molecule is CCOC(C)=Nc1cccc(Oc2ccc(S(=O)(=O)c3ccc(Oc4cccc(N=C(C)OCC)c4)cc3)cc2)c1. The first kappa shape index (κ1) is 29.4. The third kappa shape index (κ3) is 8.18. The van der Waals surface area contributed by atoms with Gasteiger partial charge < -0.3 is 18.9 Å². The molecule has 8 nitrogen and oxygen atoms in total. The minimum absolute atomic E-state index is 0.152. The molecule has 0 aliphatic heterocycles. The summed E-state index contributed by atoms with van der Waals surface area (Å²) in [5.74, 6) is 3.26. The van der Waals surface area contributed by atoms with Crippen LogP contribution in [0.5, 0.6) is 23.0 Å². The summed E-state index contributed by atoms with van der Waals surface area (Å²) in [5, 5.41) is 0. The van der Waals surface area contributed by atoms with E-state index < -0.39 is 9.84 Å². The predicted octanol–water partition coefficient (Wildman–Crippen LogP) is 8.28. The van der Waals surface area contributed by atoms with Gasteiger partial charge in [-0.05, 0) is 86.6 Å². The van der Waals surface area contributed by atoms with Gasteiger partial charge in [-0.3, -0.25) is 0 Å². The maximum Gasteiger partial charge on any atom is 0.206 e. The monoisotopic (exact) mass is 572 g/mol. The van der Waals surface area contributed by atoms with Crippen molar-refractivity contribution in [1.29, 1.82) is 0 Å². The summed E-state index contributed by atoms with van der Waals surface area (Å²) in [6.07, 6.45) is 0. The fourth-order valence-electron chi connectivity index (χ4n) is 3.86. The Morgan fingerprint density at radius 3 is 1.34 bits per heavy atom. The maximum absolute atomic E-state index is 13.2. The number of ether oxygens (including phenoxy) is 4. The molecule has 0 saturated carbocycles. The third-order valence-corrected chi connectivity index (χ3v) is 7.44. The molecule has 0 unspecified atom stereocenters. The molecule has 0 amide bonds. The standard InChI is InChI=1S/C32H32N2O6S/c1-5-37-23(3)33-25-9-7-11-29(21-25)39-27-13-17-31(18-14-27)41(35,36)32-19-15-28(16-20-32)40-30-12-8-10-26(22-30)34-24(4)38-6-2/h7-22H,5-6H2,1-4H3. The van der Waals surface area contributed by atoms with Gasteiger partial charge in [0, 0.05) is 26.0 Å². The van der Waals surface area contributed by atoms with E-state index in [1.807, 2.05) is 38.1 Å². The molecule has 0 fully saturated rings. The van der Waals surface area contributed by atoms with Gasteiger partial charge in [-0.25, -0.2) is 18.4 Å². The van der Waals surface area contributed by atoms with Crippen LogP contribution in [0.2, 0.25) is 0 Å². The van der Waals surface area contributed by atoms with Crippen LogP contribution < -0.4 is 9.47 Å². The Hall–Kier alpha value is -4.63. The minimum Gasteiger partial charge on any atom is -0.481 e. The first-order valence-corrected chi connectivity index (χ1v) is 14.6. The lowest BCUT2D eigenvalue weighted by molar-refractivity contribution is 0.324. The highest BCUT2D eigenvalue weighted by atomic mass is 32.2. The van der Waals surface area contributed by atoms with Gasteiger partial charge in [0.2, 0.25) is 9.84 Å². The van der Waals surface area contributed by atoms with E-state index in [9.17, 15) is 8.42 Å². The van der Waals surface area contributed by atoms with Crippen molar-refractivity contribution in [2.45, 2.75) is 37.5 Å². The molecule has 0 atom stereocenters. The molecule has 0 N–H and O–H groups in total. The molecule has 4 rings (SSSR count). The highest BCUT2D eigenvalue weighted by molar-refractivity contribution is 7.91. The van der Waals surface area contributed by atoms with E-state index in [-0.39, 0.29) is 9.79 Å². The molecule has 0 aliphatic carbocycles. The largest absolute Gasteiger partial charge is 0.481 e. The van der Waals surface area contributed by atoms with Crippen molar-refractivity contribution < 1.29 is 27.4 Å². The molecule has 212 valence electrons. The second-order valence-electron chi connectivity index (χ2n) is 8.77.